The highest BCUT2D eigenvalue weighted by atomic mass is 16.5. The van der Waals surface area contributed by atoms with E-state index >= 15 is 0 Å². The number of hydrogen-bond acceptors (Lipinski definition) is 2. The zero-order valence-corrected chi connectivity index (χ0v) is 21.7. The van der Waals surface area contributed by atoms with Crippen molar-refractivity contribution < 1.29 is 9.47 Å². The number of benzene rings is 6. The fourth-order valence-electron chi connectivity index (χ4n) is 6.99. The van der Waals surface area contributed by atoms with Gasteiger partial charge in [0.25, 0.3) is 6.71 Å². The minimum absolute atomic E-state index is 0.0671. The third-order valence-corrected chi connectivity index (χ3v) is 8.71. The molecule has 40 heavy (non-hydrogen) atoms. The van der Waals surface area contributed by atoms with Gasteiger partial charge in [-0.05, 0) is 74.6 Å². The number of para-hydroxylation sites is 2. The average Bonchev–Trinajstić information content (AvgIpc) is 3.35. The van der Waals surface area contributed by atoms with Gasteiger partial charge in [-0.3, -0.25) is 0 Å². The molecular weight excluding hydrogens is 487 g/mol. The topological polar surface area (TPSA) is 18.5 Å². The Labute approximate surface area is 233 Å². The molecule has 0 radical (unpaired) electrons. The van der Waals surface area contributed by atoms with Crippen molar-refractivity contribution in [3.05, 3.63) is 150 Å². The fourth-order valence-corrected chi connectivity index (χ4v) is 6.99. The third-order valence-electron chi connectivity index (χ3n) is 8.71. The molecule has 6 aromatic rings. The van der Waals surface area contributed by atoms with Crippen LogP contribution in [-0.4, -0.2) is 6.71 Å². The molecule has 186 valence electrons. The molecule has 0 aromatic heterocycles. The number of hydrogen-bond donors (Lipinski definition) is 0. The van der Waals surface area contributed by atoms with Crippen LogP contribution in [0.15, 0.2) is 133 Å². The van der Waals surface area contributed by atoms with Crippen molar-refractivity contribution in [2.75, 3.05) is 0 Å². The maximum atomic E-state index is 6.72. The Balaban J connectivity index is 1.25. The van der Waals surface area contributed by atoms with Gasteiger partial charge in [0.15, 0.2) is 0 Å². The van der Waals surface area contributed by atoms with Crippen LogP contribution >= 0.6 is 0 Å². The number of rotatable bonds is 2. The van der Waals surface area contributed by atoms with E-state index in [1.807, 2.05) is 6.07 Å². The van der Waals surface area contributed by atoms with E-state index in [2.05, 4.69) is 127 Å². The largest absolute Gasteiger partial charge is 0.458 e. The molecule has 0 saturated heterocycles. The van der Waals surface area contributed by atoms with E-state index in [4.69, 9.17) is 9.47 Å². The first-order chi connectivity index (χ1) is 19.8. The molecule has 0 fully saturated rings. The highest BCUT2D eigenvalue weighted by Crippen LogP contribution is 2.50. The minimum atomic E-state index is 0.0671. The van der Waals surface area contributed by atoms with Crippen LogP contribution in [0.25, 0.3) is 22.3 Å². The van der Waals surface area contributed by atoms with Gasteiger partial charge in [-0.15, -0.1) is 0 Å². The molecule has 0 saturated carbocycles. The molecule has 0 bridgehead atoms. The summed E-state index contributed by atoms with van der Waals surface area (Å²) in [4.78, 5) is 0. The molecule has 1 unspecified atom stereocenters. The van der Waals surface area contributed by atoms with E-state index in [0.717, 1.165) is 39.6 Å². The monoisotopic (exact) mass is 510 g/mol. The number of ether oxygens (including phenoxy) is 2. The van der Waals surface area contributed by atoms with E-state index < -0.39 is 0 Å². The van der Waals surface area contributed by atoms with Crippen LogP contribution < -0.4 is 25.9 Å². The lowest BCUT2D eigenvalue weighted by atomic mass is 9.34. The summed E-state index contributed by atoms with van der Waals surface area (Å²) in [5, 5.41) is 0. The summed E-state index contributed by atoms with van der Waals surface area (Å²) in [6, 6.07) is 47.6. The lowest BCUT2D eigenvalue weighted by Crippen LogP contribution is -2.57. The van der Waals surface area contributed by atoms with E-state index in [9.17, 15) is 0 Å². The Hall–Kier alpha value is -5.02. The van der Waals surface area contributed by atoms with Gasteiger partial charge in [-0.2, -0.15) is 0 Å². The third kappa shape index (κ3) is 3.00. The lowest BCUT2D eigenvalue weighted by molar-refractivity contribution is 0.465. The van der Waals surface area contributed by atoms with Gasteiger partial charge in [0.2, 0.25) is 0 Å². The van der Waals surface area contributed by atoms with Crippen molar-refractivity contribution in [3.63, 3.8) is 0 Å². The Bertz CT molecular complexity index is 1970. The molecule has 1 aliphatic carbocycles. The summed E-state index contributed by atoms with van der Waals surface area (Å²) in [5.74, 6) is 3.82. The molecule has 1 atom stereocenters. The van der Waals surface area contributed by atoms with Crippen molar-refractivity contribution in [1.82, 2.24) is 0 Å². The quantitative estimate of drug-likeness (QED) is 0.228. The highest BCUT2D eigenvalue weighted by molar-refractivity contribution is 6.98. The molecule has 2 heterocycles. The van der Waals surface area contributed by atoms with Gasteiger partial charge in [0.05, 0.1) is 0 Å². The minimum Gasteiger partial charge on any atom is -0.458 e. The summed E-state index contributed by atoms with van der Waals surface area (Å²) in [7, 11) is 0. The van der Waals surface area contributed by atoms with Gasteiger partial charge in [0.1, 0.15) is 23.0 Å². The first kappa shape index (κ1) is 21.9. The second-order valence-electron chi connectivity index (χ2n) is 10.8. The summed E-state index contributed by atoms with van der Waals surface area (Å²) < 4.78 is 13.2. The van der Waals surface area contributed by atoms with E-state index in [0.29, 0.717) is 0 Å². The predicted octanol–water partition coefficient (Wildman–Crippen LogP) is 7.24. The fraction of sp³-hybridized carbons (Fsp3) is 0.0270. The molecule has 3 aliphatic rings. The van der Waals surface area contributed by atoms with Crippen LogP contribution in [-0.2, 0) is 0 Å². The van der Waals surface area contributed by atoms with Crippen LogP contribution in [0.1, 0.15) is 22.6 Å². The SMILES string of the molecule is c1ccc(C2c3ccccc3-c3cc(-c4ccc5c6c4Oc4ccccc4B6c4ccccc4O5)ccc32)cc1. The summed E-state index contributed by atoms with van der Waals surface area (Å²) in [5.41, 5.74) is 12.3. The molecule has 9 rings (SSSR count). The van der Waals surface area contributed by atoms with E-state index in [1.54, 1.807) is 0 Å². The Morgan fingerprint density at radius 2 is 1.15 bits per heavy atom. The number of fused-ring (bicyclic) bond motifs is 7. The maximum absolute atomic E-state index is 6.72. The second kappa shape index (κ2) is 8.24. The normalized spacial score (nSPS) is 15.1. The average molecular weight is 510 g/mol. The smallest absolute Gasteiger partial charge is 0.260 e. The first-order valence-corrected chi connectivity index (χ1v) is 13.8. The van der Waals surface area contributed by atoms with Crippen LogP contribution in [0.3, 0.4) is 0 Å². The molecule has 0 spiro atoms. The van der Waals surface area contributed by atoms with Gasteiger partial charge in [-0.1, -0.05) is 103 Å². The van der Waals surface area contributed by atoms with Crippen molar-refractivity contribution in [3.8, 4) is 45.3 Å². The Morgan fingerprint density at radius 3 is 1.98 bits per heavy atom. The van der Waals surface area contributed by atoms with Gasteiger partial charge >= 0.3 is 0 Å². The van der Waals surface area contributed by atoms with Crippen molar-refractivity contribution in [1.29, 1.82) is 0 Å². The van der Waals surface area contributed by atoms with Crippen molar-refractivity contribution in [2.24, 2.45) is 0 Å². The maximum Gasteiger partial charge on any atom is 0.260 e. The molecule has 3 heteroatoms. The van der Waals surface area contributed by atoms with E-state index in [-0.39, 0.29) is 12.6 Å². The lowest BCUT2D eigenvalue weighted by Gasteiger charge is -2.34. The van der Waals surface area contributed by atoms with Gasteiger partial charge in [-0.25, -0.2) is 0 Å². The standard InChI is InChI=1S/C37H23BO2/c1-2-10-23(11-3-1)35-27-13-5-4-12-26(27)29-22-24(18-19-28(29)35)25-20-21-34-36-37(25)40-33-17-9-7-15-31(33)38(36)30-14-6-8-16-32(30)39-34/h1-22,35H. The summed E-state index contributed by atoms with van der Waals surface area (Å²) in [6.45, 7) is 0.0671. The zero-order valence-electron chi connectivity index (χ0n) is 21.7. The van der Waals surface area contributed by atoms with Crippen LogP contribution in [0.5, 0.6) is 23.0 Å². The van der Waals surface area contributed by atoms with E-state index in [1.165, 1.54) is 38.7 Å². The van der Waals surface area contributed by atoms with Crippen molar-refractivity contribution in [2.45, 2.75) is 5.92 Å². The molecule has 0 N–H and O–H groups in total. The Morgan fingerprint density at radius 1 is 0.475 bits per heavy atom. The summed E-state index contributed by atoms with van der Waals surface area (Å²) in [6.07, 6.45) is 0. The van der Waals surface area contributed by atoms with Crippen LogP contribution in [0.2, 0.25) is 0 Å². The van der Waals surface area contributed by atoms with Crippen LogP contribution in [0.4, 0.5) is 0 Å². The summed E-state index contributed by atoms with van der Waals surface area (Å²) >= 11 is 0. The molecule has 2 nitrogen and oxygen atoms in total. The van der Waals surface area contributed by atoms with Gasteiger partial charge < -0.3 is 9.47 Å². The molecule has 6 aromatic carbocycles. The molecule has 0 amide bonds. The first-order valence-electron chi connectivity index (χ1n) is 13.8. The molecular formula is C37H23BO2. The van der Waals surface area contributed by atoms with Crippen molar-refractivity contribution >= 4 is 23.1 Å². The molecule has 2 aliphatic heterocycles. The Kier molecular flexibility index (Phi) is 4.51. The van der Waals surface area contributed by atoms with Crippen LogP contribution in [0, 0.1) is 0 Å². The zero-order chi connectivity index (χ0) is 26.2. The highest BCUT2D eigenvalue weighted by Gasteiger charge is 2.41. The van der Waals surface area contributed by atoms with Gasteiger partial charge in [0, 0.05) is 16.9 Å². The predicted molar refractivity (Wildman–Crippen MR) is 162 cm³/mol. The second-order valence-corrected chi connectivity index (χ2v) is 10.8.